The van der Waals surface area contributed by atoms with Crippen LogP contribution in [0, 0.1) is 0 Å². The molecule has 0 unspecified atom stereocenters. The van der Waals surface area contributed by atoms with Gasteiger partial charge < -0.3 is 10.4 Å². The summed E-state index contributed by atoms with van der Waals surface area (Å²) in [6.45, 7) is 3.07. The molecule has 5 aromatic rings. The summed E-state index contributed by atoms with van der Waals surface area (Å²) in [7, 11) is 0. The molecule has 2 atom stereocenters. The van der Waals surface area contributed by atoms with Gasteiger partial charge in [-0.05, 0) is 49.2 Å². The summed E-state index contributed by atoms with van der Waals surface area (Å²) in [6, 6.07) is 36.1. The first-order chi connectivity index (χ1) is 23.4. The maximum Gasteiger partial charge on any atom is 0.293 e. The molecule has 0 saturated carbocycles. The molecule has 240 valence electrons. The molecule has 1 amide bonds. The van der Waals surface area contributed by atoms with Crippen molar-refractivity contribution in [3.8, 4) is 5.69 Å². The number of hydrazine groups is 1. The number of oxime groups is 2. The molecule has 6 rings (SSSR count). The van der Waals surface area contributed by atoms with E-state index < -0.39 is 22.9 Å². The maximum atomic E-state index is 15.3. The molecule has 4 aromatic carbocycles. The van der Waals surface area contributed by atoms with E-state index in [1.807, 2.05) is 72.8 Å². The van der Waals surface area contributed by atoms with E-state index in [9.17, 15) is 15.2 Å². The van der Waals surface area contributed by atoms with E-state index in [1.54, 1.807) is 55.5 Å². The first kappa shape index (κ1) is 31.5. The van der Waals surface area contributed by atoms with Crippen molar-refractivity contribution in [2.75, 3.05) is 5.01 Å². The number of anilines is 1. The summed E-state index contributed by atoms with van der Waals surface area (Å²) >= 11 is 0. The molecule has 48 heavy (non-hydrogen) atoms. The highest BCUT2D eigenvalue weighted by Crippen LogP contribution is 2.42. The minimum Gasteiger partial charge on any atom is -0.411 e. The van der Waals surface area contributed by atoms with Crippen LogP contribution in [0.2, 0.25) is 0 Å². The number of amidine groups is 1. The predicted molar refractivity (Wildman–Crippen MR) is 182 cm³/mol. The zero-order valence-corrected chi connectivity index (χ0v) is 26.2. The van der Waals surface area contributed by atoms with E-state index >= 15 is 4.79 Å². The Labute approximate surface area is 276 Å². The summed E-state index contributed by atoms with van der Waals surface area (Å²) in [6.07, 6.45) is 0.0244. The molecule has 2 heterocycles. The molecule has 1 aromatic heterocycles. The third-order valence-corrected chi connectivity index (χ3v) is 8.12. The second-order valence-corrected chi connectivity index (χ2v) is 11.2. The molecular weight excluding hydrogens is 608 g/mol. The number of amides is 1. The van der Waals surface area contributed by atoms with Crippen LogP contribution in [-0.2, 0) is 11.2 Å². The predicted octanol–water partition coefficient (Wildman–Crippen LogP) is 4.74. The maximum absolute atomic E-state index is 15.3. The number of carbonyl (C=O) groups is 1. The molecule has 0 radical (unpaired) electrons. The average Bonchev–Trinajstić information content (AvgIpc) is 3.14. The van der Waals surface area contributed by atoms with Crippen LogP contribution in [0.1, 0.15) is 42.4 Å². The van der Waals surface area contributed by atoms with Gasteiger partial charge in [0.1, 0.15) is 17.1 Å². The quantitative estimate of drug-likeness (QED) is 0.119. The fourth-order valence-electron chi connectivity index (χ4n) is 5.77. The van der Waals surface area contributed by atoms with E-state index in [2.05, 4.69) is 20.8 Å². The number of nitrogens with zero attached hydrogens (tertiary/aromatic N) is 7. The Balaban J connectivity index is 1.74. The molecular formula is C36H32N8O4. The number of hydrogen-bond acceptors (Lipinski definition) is 10. The van der Waals surface area contributed by atoms with Gasteiger partial charge in [-0.15, -0.1) is 5.10 Å². The van der Waals surface area contributed by atoms with E-state index in [0.29, 0.717) is 16.9 Å². The van der Waals surface area contributed by atoms with Gasteiger partial charge in [-0.2, -0.15) is 4.68 Å². The van der Waals surface area contributed by atoms with Gasteiger partial charge in [0.25, 0.3) is 11.5 Å². The van der Waals surface area contributed by atoms with Crippen LogP contribution in [0.25, 0.3) is 5.69 Å². The minimum atomic E-state index is -1.78. The van der Waals surface area contributed by atoms with Crippen LogP contribution in [-0.4, -0.2) is 53.9 Å². The number of benzene rings is 4. The first-order valence-corrected chi connectivity index (χ1v) is 15.2. The summed E-state index contributed by atoms with van der Waals surface area (Å²) in [5.74, 6) is -1.52. The van der Waals surface area contributed by atoms with Crippen LogP contribution in [0.15, 0.2) is 141 Å². The van der Waals surface area contributed by atoms with Crippen molar-refractivity contribution < 1.29 is 15.2 Å². The zero-order chi connectivity index (χ0) is 33.7. The lowest BCUT2D eigenvalue weighted by Crippen LogP contribution is -2.65. The monoisotopic (exact) mass is 640 g/mol. The lowest BCUT2D eigenvalue weighted by Gasteiger charge is -2.43. The molecule has 3 N–H and O–H groups in total. The molecule has 1 aliphatic heterocycles. The normalized spacial score (nSPS) is 17.4. The minimum absolute atomic E-state index is 0.0228. The van der Waals surface area contributed by atoms with Gasteiger partial charge in [0.2, 0.25) is 0 Å². The number of hydrogen-bond donors (Lipinski definition) is 3. The van der Waals surface area contributed by atoms with Crippen LogP contribution >= 0.6 is 0 Å². The summed E-state index contributed by atoms with van der Waals surface area (Å²) in [4.78, 5) is 39.8. The fraction of sp³-hybridized carbons (Fsp3) is 0.139. The third-order valence-electron chi connectivity index (χ3n) is 8.12. The summed E-state index contributed by atoms with van der Waals surface area (Å²) in [5.41, 5.74) is 3.03. The van der Waals surface area contributed by atoms with Crippen LogP contribution in [0.4, 0.5) is 5.69 Å². The van der Waals surface area contributed by atoms with Crippen LogP contribution < -0.4 is 16.0 Å². The second-order valence-electron chi connectivity index (χ2n) is 11.2. The smallest absolute Gasteiger partial charge is 0.293 e. The highest BCUT2D eigenvalue weighted by molar-refractivity contribution is 6.42. The number of carbonyl (C=O) groups excluding carboxylic acids is 1. The highest BCUT2D eigenvalue weighted by atomic mass is 16.4. The molecule has 12 heteroatoms. The van der Waals surface area contributed by atoms with Gasteiger partial charge in [0.15, 0.2) is 17.2 Å². The Bertz CT molecular complexity index is 2070. The van der Waals surface area contributed by atoms with Crippen LogP contribution in [0.3, 0.4) is 0 Å². The number of nitrogens with one attached hydrogen (secondary N) is 1. The molecule has 0 spiro atoms. The van der Waals surface area contributed by atoms with Gasteiger partial charge in [-0.25, -0.2) is 15.0 Å². The lowest BCUT2D eigenvalue weighted by atomic mass is 9.72. The van der Waals surface area contributed by atoms with Crippen molar-refractivity contribution in [2.24, 2.45) is 15.3 Å². The van der Waals surface area contributed by atoms with Crippen molar-refractivity contribution in [2.45, 2.75) is 31.7 Å². The second kappa shape index (κ2) is 13.5. The summed E-state index contributed by atoms with van der Waals surface area (Å²) in [5, 5.41) is 32.2. The standard InChI is InChI=1S/C36H32N8O4/c1-24(41-47)32-37-31(34(45)43(39-32)28-19-11-5-12-20-28)30(27-17-9-4-10-18-27)36(23-26-15-7-3-8-16-26)35(46)44(29-21-13-6-14-22-29)40-33(38-36)25(2)42-48/h3-22,30,47-48H,23H2,1-2H3,(H,38,40)/b41-24-,42-25+/t30-,36+/m1/s1. The van der Waals surface area contributed by atoms with Crippen molar-refractivity contribution >= 4 is 28.9 Å². The van der Waals surface area contributed by atoms with Gasteiger partial charge in [-0.1, -0.05) is 107 Å². The molecule has 0 fully saturated rings. The molecule has 0 aliphatic carbocycles. The molecule has 12 nitrogen and oxygen atoms in total. The number of para-hydroxylation sites is 2. The Morgan fingerprint density at radius 3 is 1.90 bits per heavy atom. The largest absolute Gasteiger partial charge is 0.411 e. The van der Waals surface area contributed by atoms with Crippen molar-refractivity contribution in [3.63, 3.8) is 0 Å². The van der Waals surface area contributed by atoms with Gasteiger partial charge in [-0.3, -0.25) is 15.0 Å². The SMILES string of the molecule is C/C(=N/O)c1nc([C@@H](c2ccccc2)[C@]2(Cc3ccccc3)N=C(/C(C)=N/O)NN(c3ccccc3)C2=O)c(=O)n(-c2ccccc2)n1. The zero-order valence-electron chi connectivity index (χ0n) is 26.2. The first-order valence-electron chi connectivity index (χ1n) is 15.2. The Kier molecular flexibility index (Phi) is 8.88. The average molecular weight is 641 g/mol. The molecule has 0 saturated heterocycles. The van der Waals surface area contributed by atoms with E-state index in [-0.39, 0.29) is 35.2 Å². The molecule has 1 aliphatic rings. The van der Waals surface area contributed by atoms with Crippen molar-refractivity contribution in [3.05, 3.63) is 154 Å². The van der Waals surface area contributed by atoms with Gasteiger partial charge in [0.05, 0.1) is 17.3 Å². The number of aromatic nitrogens is 3. The lowest BCUT2D eigenvalue weighted by molar-refractivity contribution is -0.125. The van der Waals surface area contributed by atoms with Crippen LogP contribution in [0.5, 0.6) is 0 Å². The highest BCUT2D eigenvalue weighted by Gasteiger charge is 2.54. The van der Waals surface area contributed by atoms with E-state index in [0.717, 1.165) is 5.56 Å². The Morgan fingerprint density at radius 2 is 1.31 bits per heavy atom. The van der Waals surface area contributed by atoms with Crippen molar-refractivity contribution in [1.29, 1.82) is 0 Å². The Hall–Kier alpha value is -6.43. The van der Waals surface area contributed by atoms with E-state index in [1.165, 1.54) is 16.6 Å². The van der Waals surface area contributed by atoms with E-state index in [4.69, 9.17) is 9.98 Å². The fourth-order valence-corrected chi connectivity index (χ4v) is 5.77. The van der Waals surface area contributed by atoms with Gasteiger partial charge >= 0.3 is 0 Å². The Morgan fingerprint density at radius 1 is 0.771 bits per heavy atom. The van der Waals surface area contributed by atoms with Crippen molar-refractivity contribution in [1.82, 2.24) is 20.2 Å². The third kappa shape index (κ3) is 5.94. The van der Waals surface area contributed by atoms with Gasteiger partial charge in [0, 0.05) is 6.42 Å². The number of aliphatic imine (C=N–C) groups is 1. The number of rotatable bonds is 9. The molecule has 0 bridgehead atoms. The topological polar surface area (TPSA) is 158 Å². The summed E-state index contributed by atoms with van der Waals surface area (Å²) < 4.78 is 1.18.